The summed E-state index contributed by atoms with van der Waals surface area (Å²) in [5.41, 5.74) is 0.643. The lowest BCUT2D eigenvalue weighted by atomic mass is 9.48. The molecule has 0 aromatic rings. The molecule has 5 rings (SSSR count). The smallest absolute Gasteiger partial charge is 0.265 e. The Morgan fingerprint density at radius 2 is 1.67 bits per heavy atom. The minimum atomic E-state index is -0.116. The molecule has 5 saturated carbocycles. The van der Waals surface area contributed by atoms with E-state index < -0.39 is 0 Å². The number of hydrogen-bond acceptors (Lipinski definition) is 3. The van der Waals surface area contributed by atoms with E-state index in [2.05, 4.69) is 18.3 Å². The number of hydrogen-bond donors (Lipinski definition) is 1. The van der Waals surface area contributed by atoms with Crippen LogP contribution in [0.25, 0.3) is 0 Å². The van der Waals surface area contributed by atoms with Crippen LogP contribution in [0.5, 0.6) is 0 Å². The largest absolute Gasteiger partial charge is 0.387 e. The van der Waals surface area contributed by atoms with Crippen LogP contribution < -0.4 is 5.32 Å². The van der Waals surface area contributed by atoms with E-state index >= 15 is 0 Å². The molecular weight excluding hydrogens is 334 g/mol. The highest BCUT2D eigenvalue weighted by atomic mass is 16.2. The minimum Gasteiger partial charge on any atom is -0.387 e. The highest BCUT2D eigenvalue weighted by Crippen LogP contribution is 2.61. The molecule has 148 valence electrons. The van der Waals surface area contributed by atoms with Crippen LogP contribution in [0, 0.1) is 34.5 Å². The first kappa shape index (κ1) is 18.8. The van der Waals surface area contributed by atoms with Crippen LogP contribution in [-0.2, 0) is 4.79 Å². The van der Waals surface area contributed by atoms with Crippen LogP contribution >= 0.6 is 0 Å². The molecule has 1 N–H and O–H groups in total. The van der Waals surface area contributed by atoms with Gasteiger partial charge in [0.1, 0.15) is 11.6 Å². The lowest BCUT2D eigenvalue weighted by molar-refractivity contribution is -0.128. The molecule has 0 spiro atoms. The molecule has 4 heteroatoms. The lowest BCUT2D eigenvalue weighted by Gasteiger charge is -2.59. The lowest BCUT2D eigenvalue weighted by Crippen LogP contribution is -2.54. The number of rotatable bonds is 5. The second-order valence-corrected chi connectivity index (χ2v) is 10.0. The summed E-state index contributed by atoms with van der Waals surface area (Å²) in [6.07, 6.45) is 15.8. The van der Waals surface area contributed by atoms with Crippen molar-refractivity contribution in [3.8, 4) is 6.07 Å². The molecule has 0 saturated heterocycles. The Labute approximate surface area is 164 Å². The van der Waals surface area contributed by atoms with E-state index in [1.807, 2.05) is 11.9 Å². The Kier molecular flexibility index (Phi) is 5.23. The molecule has 1 atom stereocenters. The maximum Gasteiger partial charge on any atom is 0.265 e. The van der Waals surface area contributed by atoms with Crippen LogP contribution in [0.1, 0.15) is 77.6 Å². The molecule has 0 aromatic carbocycles. The van der Waals surface area contributed by atoms with Gasteiger partial charge >= 0.3 is 0 Å². The summed E-state index contributed by atoms with van der Waals surface area (Å²) in [5, 5.41) is 13.1. The van der Waals surface area contributed by atoms with Crippen LogP contribution in [-0.4, -0.2) is 29.9 Å². The molecule has 0 aromatic heterocycles. The SMILES string of the molecule is CC(N/C=C(/C#N)C(=O)N(C)C1CCCCC1)C12CC3CC(CC(C3)C1)C2. The van der Waals surface area contributed by atoms with Crippen molar-refractivity contribution in [2.45, 2.75) is 89.6 Å². The van der Waals surface area contributed by atoms with E-state index in [1.165, 1.54) is 57.8 Å². The Balaban J connectivity index is 1.41. The van der Waals surface area contributed by atoms with Gasteiger partial charge in [0.2, 0.25) is 0 Å². The van der Waals surface area contributed by atoms with Gasteiger partial charge in [-0.15, -0.1) is 0 Å². The topological polar surface area (TPSA) is 56.1 Å². The summed E-state index contributed by atoms with van der Waals surface area (Å²) in [7, 11) is 1.87. The Hall–Kier alpha value is -1.50. The first-order valence-corrected chi connectivity index (χ1v) is 11.1. The minimum absolute atomic E-state index is 0.116. The predicted octanol–water partition coefficient (Wildman–Crippen LogP) is 4.38. The number of amides is 1. The van der Waals surface area contributed by atoms with Crippen molar-refractivity contribution in [2.24, 2.45) is 23.2 Å². The highest BCUT2D eigenvalue weighted by molar-refractivity contribution is 5.97. The zero-order valence-electron chi connectivity index (χ0n) is 17.0. The molecule has 4 bridgehead atoms. The van der Waals surface area contributed by atoms with Crippen molar-refractivity contribution in [1.29, 1.82) is 5.26 Å². The third-order valence-electron chi connectivity index (χ3n) is 8.28. The highest BCUT2D eigenvalue weighted by Gasteiger charge is 2.53. The maximum absolute atomic E-state index is 12.8. The molecule has 0 radical (unpaired) electrons. The van der Waals surface area contributed by atoms with Crippen LogP contribution in [0.3, 0.4) is 0 Å². The van der Waals surface area contributed by atoms with Crippen molar-refractivity contribution in [3.05, 3.63) is 11.8 Å². The van der Waals surface area contributed by atoms with Gasteiger partial charge in [-0.2, -0.15) is 5.26 Å². The zero-order chi connectivity index (χ0) is 19.0. The first-order valence-electron chi connectivity index (χ1n) is 11.1. The molecule has 4 nitrogen and oxygen atoms in total. The molecule has 0 aliphatic heterocycles. The zero-order valence-corrected chi connectivity index (χ0v) is 17.0. The summed E-state index contributed by atoms with van der Waals surface area (Å²) < 4.78 is 0. The third kappa shape index (κ3) is 3.62. The molecule has 1 amide bonds. The fraction of sp³-hybridized carbons (Fsp3) is 0.826. The average molecular weight is 370 g/mol. The Bertz CT molecular complexity index is 605. The van der Waals surface area contributed by atoms with E-state index in [0.717, 1.165) is 30.6 Å². The van der Waals surface area contributed by atoms with Gasteiger partial charge in [0, 0.05) is 25.3 Å². The van der Waals surface area contributed by atoms with E-state index in [9.17, 15) is 10.1 Å². The van der Waals surface area contributed by atoms with E-state index in [4.69, 9.17) is 0 Å². The van der Waals surface area contributed by atoms with Gasteiger partial charge in [0.15, 0.2) is 0 Å². The molecule has 1 unspecified atom stereocenters. The summed E-state index contributed by atoms with van der Waals surface area (Å²) in [6.45, 7) is 2.27. The van der Waals surface area contributed by atoms with Crippen molar-refractivity contribution >= 4 is 5.91 Å². The van der Waals surface area contributed by atoms with Gasteiger partial charge < -0.3 is 10.2 Å². The van der Waals surface area contributed by atoms with Crippen molar-refractivity contribution in [1.82, 2.24) is 10.2 Å². The van der Waals surface area contributed by atoms with Gasteiger partial charge in [-0.1, -0.05) is 19.3 Å². The summed E-state index contributed by atoms with van der Waals surface area (Å²) in [4.78, 5) is 14.6. The number of carbonyl (C=O) groups excluding carboxylic acids is 1. The molecular formula is C23H35N3O. The maximum atomic E-state index is 12.8. The molecule has 5 aliphatic carbocycles. The summed E-state index contributed by atoms with van der Waals surface area (Å²) in [5.74, 6) is 2.63. The quantitative estimate of drug-likeness (QED) is 0.578. The monoisotopic (exact) mass is 369 g/mol. The van der Waals surface area contributed by atoms with Crippen LogP contribution in [0.2, 0.25) is 0 Å². The second-order valence-electron chi connectivity index (χ2n) is 10.0. The van der Waals surface area contributed by atoms with E-state index in [1.54, 1.807) is 6.20 Å². The number of nitriles is 1. The molecule has 27 heavy (non-hydrogen) atoms. The number of carbonyl (C=O) groups is 1. The number of nitrogens with zero attached hydrogens (tertiary/aromatic N) is 2. The number of likely N-dealkylation sites (N-methyl/N-ethyl adjacent to an activating group) is 1. The van der Waals surface area contributed by atoms with Crippen LogP contribution in [0.4, 0.5) is 0 Å². The fourth-order valence-corrected chi connectivity index (χ4v) is 7.06. The van der Waals surface area contributed by atoms with Gasteiger partial charge in [0.25, 0.3) is 5.91 Å². The summed E-state index contributed by atoms with van der Waals surface area (Å²) in [6, 6.07) is 2.79. The standard InChI is InChI=1S/C23H35N3O/c1-16(23-11-17-8-18(12-23)10-19(9-17)13-23)25-15-20(14-24)22(27)26(2)21-6-4-3-5-7-21/h15-19,21,25H,3-13H2,1-2H3/b20-15-. The molecule has 5 fully saturated rings. The first-order chi connectivity index (χ1) is 13.0. The van der Waals surface area contributed by atoms with Gasteiger partial charge in [-0.3, -0.25) is 4.79 Å². The van der Waals surface area contributed by atoms with E-state index in [-0.39, 0.29) is 11.5 Å². The van der Waals surface area contributed by atoms with Crippen molar-refractivity contribution < 1.29 is 4.79 Å². The Morgan fingerprint density at radius 1 is 1.11 bits per heavy atom. The fourth-order valence-electron chi connectivity index (χ4n) is 7.06. The predicted molar refractivity (Wildman–Crippen MR) is 107 cm³/mol. The Morgan fingerprint density at radius 3 is 2.19 bits per heavy atom. The second kappa shape index (κ2) is 7.49. The third-order valence-corrected chi connectivity index (χ3v) is 8.28. The normalized spacial score (nSPS) is 36.9. The van der Waals surface area contributed by atoms with Crippen LogP contribution in [0.15, 0.2) is 11.8 Å². The number of nitrogens with one attached hydrogen (secondary N) is 1. The van der Waals surface area contributed by atoms with Gasteiger partial charge in [0.05, 0.1) is 0 Å². The van der Waals surface area contributed by atoms with Gasteiger partial charge in [-0.05, 0) is 81.5 Å². The van der Waals surface area contributed by atoms with E-state index in [0.29, 0.717) is 17.5 Å². The van der Waals surface area contributed by atoms with Crippen molar-refractivity contribution in [2.75, 3.05) is 7.05 Å². The molecule has 0 heterocycles. The molecule has 5 aliphatic rings. The van der Waals surface area contributed by atoms with Crippen molar-refractivity contribution in [3.63, 3.8) is 0 Å². The summed E-state index contributed by atoms with van der Waals surface area (Å²) >= 11 is 0. The average Bonchev–Trinajstić information content (AvgIpc) is 2.67. The van der Waals surface area contributed by atoms with Gasteiger partial charge in [-0.25, -0.2) is 0 Å².